The SMILES string of the molecule is Br.BrCCN(CCBr)Cc1ccc2c(c1)OCO2. The van der Waals surface area contributed by atoms with Crippen LogP contribution < -0.4 is 9.47 Å². The van der Waals surface area contributed by atoms with Gasteiger partial charge in [0.05, 0.1) is 0 Å². The van der Waals surface area contributed by atoms with Crippen molar-refractivity contribution in [2.24, 2.45) is 0 Å². The number of nitrogens with zero attached hydrogens (tertiary/aromatic N) is 1. The Morgan fingerprint density at radius 2 is 1.72 bits per heavy atom. The average molecular weight is 446 g/mol. The van der Waals surface area contributed by atoms with E-state index in [-0.39, 0.29) is 17.0 Å². The fourth-order valence-corrected chi connectivity index (χ4v) is 2.81. The molecule has 0 spiro atoms. The molecule has 0 aliphatic carbocycles. The van der Waals surface area contributed by atoms with Gasteiger partial charge in [0, 0.05) is 30.3 Å². The maximum absolute atomic E-state index is 5.38. The third kappa shape index (κ3) is 4.40. The Balaban J connectivity index is 0.00000162. The molecule has 1 aliphatic rings. The molecule has 6 heteroatoms. The summed E-state index contributed by atoms with van der Waals surface area (Å²) >= 11 is 6.96. The van der Waals surface area contributed by atoms with Gasteiger partial charge in [-0.05, 0) is 17.7 Å². The van der Waals surface area contributed by atoms with Gasteiger partial charge in [-0.15, -0.1) is 17.0 Å². The average Bonchev–Trinajstić information content (AvgIpc) is 2.77. The minimum atomic E-state index is 0. The van der Waals surface area contributed by atoms with E-state index in [0.717, 1.165) is 41.8 Å². The van der Waals surface area contributed by atoms with E-state index in [1.165, 1.54) is 5.56 Å². The highest BCUT2D eigenvalue weighted by Gasteiger charge is 2.14. The molecule has 0 saturated carbocycles. The number of hydrogen-bond donors (Lipinski definition) is 0. The Kier molecular flexibility index (Phi) is 7.60. The molecular formula is C12H16Br3NO2. The maximum Gasteiger partial charge on any atom is 0.231 e. The molecule has 1 heterocycles. The van der Waals surface area contributed by atoms with Gasteiger partial charge in [-0.1, -0.05) is 37.9 Å². The number of hydrogen-bond acceptors (Lipinski definition) is 3. The molecule has 0 radical (unpaired) electrons. The summed E-state index contributed by atoms with van der Waals surface area (Å²) in [6, 6.07) is 6.15. The molecule has 1 aliphatic heterocycles. The van der Waals surface area contributed by atoms with Crippen molar-refractivity contribution in [1.82, 2.24) is 4.90 Å². The third-order valence-corrected chi connectivity index (χ3v) is 3.35. The molecule has 0 aromatic heterocycles. The minimum absolute atomic E-state index is 0. The molecule has 0 atom stereocenters. The molecule has 1 aromatic rings. The molecule has 0 saturated heterocycles. The second kappa shape index (κ2) is 8.40. The number of fused-ring (bicyclic) bond motifs is 1. The number of rotatable bonds is 6. The van der Waals surface area contributed by atoms with Crippen LogP contribution in [0.1, 0.15) is 5.56 Å². The van der Waals surface area contributed by atoms with Crippen LogP contribution in [-0.4, -0.2) is 35.4 Å². The van der Waals surface area contributed by atoms with Gasteiger partial charge in [-0.25, -0.2) is 0 Å². The normalized spacial score (nSPS) is 12.6. The van der Waals surface area contributed by atoms with Crippen LogP contribution in [0.4, 0.5) is 0 Å². The summed E-state index contributed by atoms with van der Waals surface area (Å²) in [5, 5.41) is 1.98. The first-order valence-electron chi connectivity index (χ1n) is 5.56. The quantitative estimate of drug-likeness (QED) is 0.625. The molecule has 1 aromatic carbocycles. The first-order valence-corrected chi connectivity index (χ1v) is 7.80. The highest BCUT2D eigenvalue weighted by molar-refractivity contribution is 9.09. The monoisotopic (exact) mass is 443 g/mol. The first kappa shape index (κ1) is 16.3. The Hall–Kier alpha value is 0.220. The molecule has 102 valence electrons. The van der Waals surface area contributed by atoms with E-state index in [0.29, 0.717) is 6.79 Å². The van der Waals surface area contributed by atoms with Gasteiger partial charge in [-0.3, -0.25) is 4.90 Å². The molecule has 0 unspecified atom stereocenters. The highest BCUT2D eigenvalue weighted by atomic mass is 79.9. The third-order valence-electron chi connectivity index (χ3n) is 2.64. The van der Waals surface area contributed by atoms with Crippen molar-refractivity contribution in [3.63, 3.8) is 0 Å². The van der Waals surface area contributed by atoms with E-state index in [2.05, 4.69) is 48.9 Å². The number of ether oxygens (including phenoxy) is 2. The summed E-state index contributed by atoms with van der Waals surface area (Å²) in [4.78, 5) is 2.39. The lowest BCUT2D eigenvalue weighted by Gasteiger charge is -2.20. The largest absolute Gasteiger partial charge is 0.454 e. The minimum Gasteiger partial charge on any atom is -0.454 e. The van der Waals surface area contributed by atoms with Crippen LogP contribution in [0.3, 0.4) is 0 Å². The van der Waals surface area contributed by atoms with Crippen molar-refractivity contribution >= 4 is 48.8 Å². The van der Waals surface area contributed by atoms with Gasteiger partial charge in [0.2, 0.25) is 6.79 Å². The summed E-state index contributed by atoms with van der Waals surface area (Å²) in [6.07, 6.45) is 0. The lowest BCUT2D eigenvalue weighted by molar-refractivity contribution is 0.174. The fraction of sp³-hybridized carbons (Fsp3) is 0.500. The van der Waals surface area contributed by atoms with Crippen LogP contribution in [0.2, 0.25) is 0 Å². The van der Waals surface area contributed by atoms with E-state index < -0.39 is 0 Å². The fourth-order valence-electron chi connectivity index (χ4n) is 1.81. The second-order valence-corrected chi connectivity index (χ2v) is 5.43. The first-order chi connectivity index (χ1) is 8.33. The second-order valence-electron chi connectivity index (χ2n) is 3.84. The van der Waals surface area contributed by atoms with Gasteiger partial charge >= 0.3 is 0 Å². The smallest absolute Gasteiger partial charge is 0.231 e. The molecule has 0 fully saturated rings. The lowest BCUT2D eigenvalue weighted by Crippen LogP contribution is -2.27. The summed E-state index contributed by atoms with van der Waals surface area (Å²) in [7, 11) is 0. The van der Waals surface area contributed by atoms with Crippen LogP contribution >= 0.6 is 48.8 Å². The predicted octanol–water partition coefficient (Wildman–Crippen LogP) is 3.59. The van der Waals surface area contributed by atoms with Crippen molar-refractivity contribution in [2.75, 3.05) is 30.5 Å². The molecule has 18 heavy (non-hydrogen) atoms. The van der Waals surface area contributed by atoms with Crippen LogP contribution in [-0.2, 0) is 6.54 Å². The summed E-state index contributed by atoms with van der Waals surface area (Å²) in [5.41, 5.74) is 1.26. The van der Waals surface area contributed by atoms with Crippen molar-refractivity contribution in [3.05, 3.63) is 23.8 Å². The highest BCUT2D eigenvalue weighted by Crippen LogP contribution is 2.32. The van der Waals surface area contributed by atoms with Gasteiger partial charge in [0.1, 0.15) is 0 Å². The Morgan fingerprint density at radius 1 is 1.06 bits per heavy atom. The lowest BCUT2D eigenvalue weighted by atomic mass is 10.2. The molecule has 3 nitrogen and oxygen atoms in total. The number of alkyl halides is 2. The van der Waals surface area contributed by atoms with E-state index in [1.54, 1.807) is 0 Å². The van der Waals surface area contributed by atoms with Crippen molar-refractivity contribution in [1.29, 1.82) is 0 Å². The summed E-state index contributed by atoms with van der Waals surface area (Å²) in [5.74, 6) is 1.71. The van der Waals surface area contributed by atoms with Crippen LogP contribution in [0.25, 0.3) is 0 Å². The maximum atomic E-state index is 5.38. The van der Waals surface area contributed by atoms with Crippen LogP contribution in [0.5, 0.6) is 11.5 Å². The summed E-state index contributed by atoms with van der Waals surface area (Å²) < 4.78 is 10.7. The van der Waals surface area contributed by atoms with Crippen LogP contribution in [0.15, 0.2) is 18.2 Å². The number of halogens is 3. The standard InChI is InChI=1S/C12H15Br2NO2.BrH/c13-3-5-15(6-4-14)8-10-1-2-11-12(7-10)17-9-16-11;/h1-2,7H,3-6,8-9H2;1H. The van der Waals surface area contributed by atoms with Crippen molar-refractivity contribution < 1.29 is 9.47 Å². The zero-order valence-electron chi connectivity index (χ0n) is 9.90. The molecule has 0 N–H and O–H groups in total. The molecular weight excluding hydrogens is 430 g/mol. The van der Waals surface area contributed by atoms with E-state index >= 15 is 0 Å². The zero-order valence-corrected chi connectivity index (χ0v) is 14.8. The van der Waals surface area contributed by atoms with Gasteiger partial charge in [-0.2, -0.15) is 0 Å². The van der Waals surface area contributed by atoms with Gasteiger partial charge in [0.25, 0.3) is 0 Å². The zero-order chi connectivity index (χ0) is 12.1. The Labute approximate surface area is 135 Å². The van der Waals surface area contributed by atoms with E-state index in [4.69, 9.17) is 9.47 Å². The topological polar surface area (TPSA) is 21.7 Å². The molecule has 0 bridgehead atoms. The predicted molar refractivity (Wildman–Crippen MR) is 85.8 cm³/mol. The van der Waals surface area contributed by atoms with E-state index in [1.807, 2.05) is 6.07 Å². The molecule has 2 rings (SSSR count). The Morgan fingerprint density at radius 3 is 2.39 bits per heavy atom. The number of benzene rings is 1. The summed E-state index contributed by atoms with van der Waals surface area (Å²) in [6.45, 7) is 3.36. The van der Waals surface area contributed by atoms with Crippen molar-refractivity contribution in [3.8, 4) is 11.5 Å². The Bertz CT molecular complexity index is 370. The van der Waals surface area contributed by atoms with Gasteiger partial charge < -0.3 is 9.47 Å². The van der Waals surface area contributed by atoms with Crippen molar-refractivity contribution in [2.45, 2.75) is 6.54 Å². The van der Waals surface area contributed by atoms with Gasteiger partial charge in [0.15, 0.2) is 11.5 Å². The molecule has 0 amide bonds. The van der Waals surface area contributed by atoms with Crippen LogP contribution in [0, 0.1) is 0 Å². The van der Waals surface area contributed by atoms with E-state index in [9.17, 15) is 0 Å².